The molecule has 0 radical (unpaired) electrons. The topological polar surface area (TPSA) is 109 Å². The molecule has 1 aromatic carbocycles. The smallest absolute Gasteiger partial charge is 0.371 e. The predicted molar refractivity (Wildman–Crippen MR) is 110 cm³/mol. The maximum Gasteiger partial charge on any atom is 0.371 e. The maximum atomic E-state index is 11.4. The Bertz CT molecular complexity index is 844. The second kappa shape index (κ2) is 10.4. The molecule has 30 heavy (non-hydrogen) atoms. The second-order valence-electron chi connectivity index (χ2n) is 7.70. The quantitative estimate of drug-likeness (QED) is 0.479. The van der Waals surface area contributed by atoms with E-state index < -0.39 is 18.2 Å². The highest BCUT2D eigenvalue weighted by Gasteiger charge is 2.26. The van der Waals surface area contributed by atoms with E-state index in [-0.39, 0.29) is 17.7 Å². The van der Waals surface area contributed by atoms with Crippen molar-refractivity contribution in [2.24, 2.45) is 0 Å². The molecule has 7 heteroatoms. The summed E-state index contributed by atoms with van der Waals surface area (Å²) in [7, 11) is 0. The number of amides is 1. The summed E-state index contributed by atoms with van der Waals surface area (Å²) in [5.41, 5.74) is 1.62. The van der Waals surface area contributed by atoms with Crippen LogP contribution in [0.25, 0.3) is 0 Å². The summed E-state index contributed by atoms with van der Waals surface area (Å²) in [6, 6.07) is 10.4. The number of unbranched alkanes of at least 4 members (excludes halogenated alkanes) is 2. The summed E-state index contributed by atoms with van der Waals surface area (Å²) < 4.78 is 11.5. The lowest BCUT2D eigenvalue weighted by atomic mass is 9.99. The first kappa shape index (κ1) is 22.1. The number of carbonyl (C=O) groups is 2. The van der Waals surface area contributed by atoms with Crippen LogP contribution in [0.15, 0.2) is 40.8 Å². The maximum absolute atomic E-state index is 11.4. The van der Waals surface area contributed by atoms with Crippen LogP contribution in [-0.2, 0) is 9.53 Å². The molecule has 3 unspecified atom stereocenters. The van der Waals surface area contributed by atoms with Gasteiger partial charge in [-0.1, -0.05) is 50.5 Å². The third-order valence-electron chi connectivity index (χ3n) is 5.35. The molecule has 2 aromatic rings. The summed E-state index contributed by atoms with van der Waals surface area (Å²) in [4.78, 5) is 22.6. The molecule has 3 rings (SSSR count). The van der Waals surface area contributed by atoms with E-state index in [4.69, 9.17) is 14.3 Å². The molecule has 2 heterocycles. The molecule has 0 saturated carbocycles. The van der Waals surface area contributed by atoms with Gasteiger partial charge in [0.05, 0.1) is 18.8 Å². The van der Waals surface area contributed by atoms with Crippen molar-refractivity contribution in [3.8, 4) is 0 Å². The first-order chi connectivity index (χ1) is 14.5. The van der Waals surface area contributed by atoms with Crippen LogP contribution in [0.3, 0.4) is 0 Å². The summed E-state index contributed by atoms with van der Waals surface area (Å²) >= 11 is 0. The molecule has 0 spiro atoms. The SMILES string of the molecule is CCCCCC(O)c1ccc(C(OCC2CCC(=O)N2)c2ccc(C(=O)O)o2)cc1. The van der Waals surface area contributed by atoms with Crippen molar-refractivity contribution >= 4 is 11.9 Å². The summed E-state index contributed by atoms with van der Waals surface area (Å²) in [5.74, 6) is -0.912. The number of carboxylic acids is 1. The van der Waals surface area contributed by atoms with Crippen molar-refractivity contribution in [3.63, 3.8) is 0 Å². The first-order valence-electron chi connectivity index (χ1n) is 10.5. The molecule has 1 fully saturated rings. The minimum absolute atomic E-state index is 0.00715. The third-order valence-corrected chi connectivity index (χ3v) is 5.35. The third kappa shape index (κ3) is 5.70. The average molecular weight is 415 g/mol. The van der Waals surface area contributed by atoms with Crippen molar-refractivity contribution in [2.75, 3.05) is 6.61 Å². The normalized spacial score (nSPS) is 18.2. The van der Waals surface area contributed by atoms with Gasteiger partial charge >= 0.3 is 5.97 Å². The van der Waals surface area contributed by atoms with E-state index in [1.165, 1.54) is 6.07 Å². The molecule has 1 aromatic heterocycles. The number of carbonyl (C=O) groups excluding carboxylic acids is 1. The van der Waals surface area contributed by atoms with E-state index in [0.29, 0.717) is 31.6 Å². The zero-order valence-electron chi connectivity index (χ0n) is 17.2. The monoisotopic (exact) mass is 415 g/mol. The number of rotatable bonds is 11. The van der Waals surface area contributed by atoms with Gasteiger partial charge in [-0.3, -0.25) is 4.79 Å². The highest BCUT2D eigenvalue weighted by atomic mass is 16.5. The van der Waals surface area contributed by atoms with E-state index in [1.54, 1.807) is 6.07 Å². The van der Waals surface area contributed by atoms with Crippen molar-refractivity contribution in [2.45, 2.75) is 63.7 Å². The van der Waals surface area contributed by atoms with Gasteiger partial charge in [-0.15, -0.1) is 0 Å². The fraction of sp³-hybridized carbons (Fsp3) is 0.478. The van der Waals surface area contributed by atoms with Gasteiger partial charge in [-0.25, -0.2) is 4.79 Å². The number of hydrogen-bond acceptors (Lipinski definition) is 5. The van der Waals surface area contributed by atoms with Crippen LogP contribution in [-0.4, -0.2) is 34.7 Å². The van der Waals surface area contributed by atoms with E-state index in [2.05, 4.69) is 12.2 Å². The number of benzene rings is 1. The van der Waals surface area contributed by atoms with Gasteiger partial charge in [0, 0.05) is 6.42 Å². The number of furan rings is 1. The van der Waals surface area contributed by atoms with Gasteiger partial charge in [0.2, 0.25) is 11.7 Å². The zero-order valence-corrected chi connectivity index (χ0v) is 17.2. The molecular weight excluding hydrogens is 386 g/mol. The Balaban J connectivity index is 1.74. The number of carboxylic acid groups (broad SMARTS) is 1. The fourth-order valence-corrected chi connectivity index (χ4v) is 3.61. The van der Waals surface area contributed by atoms with Gasteiger partial charge in [-0.2, -0.15) is 0 Å². The molecule has 1 aliphatic rings. The number of aliphatic hydroxyl groups excluding tert-OH is 1. The lowest BCUT2D eigenvalue weighted by Crippen LogP contribution is -2.30. The summed E-state index contributed by atoms with van der Waals surface area (Å²) in [6.07, 6.45) is 3.95. The summed E-state index contributed by atoms with van der Waals surface area (Å²) in [6.45, 7) is 2.42. The predicted octanol–water partition coefficient (Wildman–Crippen LogP) is 3.98. The van der Waals surface area contributed by atoms with Crippen LogP contribution in [0, 0.1) is 0 Å². The Morgan fingerprint density at radius 3 is 2.53 bits per heavy atom. The Labute approximate surface area is 176 Å². The fourth-order valence-electron chi connectivity index (χ4n) is 3.61. The van der Waals surface area contributed by atoms with Crippen LogP contribution in [0.1, 0.15) is 85.1 Å². The number of ether oxygens (including phenoxy) is 1. The molecule has 1 aliphatic heterocycles. The van der Waals surface area contributed by atoms with E-state index in [1.807, 2.05) is 24.3 Å². The molecule has 1 amide bonds. The highest BCUT2D eigenvalue weighted by molar-refractivity contribution is 5.84. The lowest BCUT2D eigenvalue weighted by Gasteiger charge is -2.20. The van der Waals surface area contributed by atoms with Gasteiger partial charge in [0.15, 0.2) is 0 Å². The van der Waals surface area contributed by atoms with Crippen LogP contribution in [0.5, 0.6) is 0 Å². The van der Waals surface area contributed by atoms with Crippen molar-refractivity contribution in [3.05, 3.63) is 59.0 Å². The van der Waals surface area contributed by atoms with Gasteiger partial charge in [0.25, 0.3) is 0 Å². The molecule has 3 atom stereocenters. The van der Waals surface area contributed by atoms with Gasteiger partial charge < -0.3 is 24.7 Å². The van der Waals surface area contributed by atoms with Crippen LogP contribution >= 0.6 is 0 Å². The minimum Gasteiger partial charge on any atom is -0.475 e. The highest BCUT2D eigenvalue weighted by Crippen LogP contribution is 2.30. The van der Waals surface area contributed by atoms with E-state index in [0.717, 1.165) is 30.4 Å². The zero-order chi connectivity index (χ0) is 21.5. The number of aromatic carboxylic acids is 1. The molecule has 0 aliphatic carbocycles. The van der Waals surface area contributed by atoms with Crippen LogP contribution < -0.4 is 5.32 Å². The van der Waals surface area contributed by atoms with Crippen molar-refractivity contribution in [1.29, 1.82) is 0 Å². The molecular formula is C23H29NO6. The van der Waals surface area contributed by atoms with E-state index >= 15 is 0 Å². The van der Waals surface area contributed by atoms with Crippen LogP contribution in [0.2, 0.25) is 0 Å². The average Bonchev–Trinajstić information content (AvgIpc) is 3.38. The van der Waals surface area contributed by atoms with Crippen molar-refractivity contribution in [1.82, 2.24) is 5.32 Å². The molecule has 3 N–H and O–H groups in total. The molecule has 1 saturated heterocycles. The second-order valence-corrected chi connectivity index (χ2v) is 7.70. The standard InChI is InChI=1S/C23H29NO6/c1-2-3-4-5-18(25)15-6-8-16(9-7-15)22(19-11-12-20(30-19)23(27)28)29-14-17-10-13-21(26)24-17/h6-9,11-12,17-18,22,25H,2-5,10,13-14H2,1H3,(H,24,26)(H,27,28). The Kier molecular flexibility index (Phi) is 7.65. The van der Waals surface area contributed by atoms with Crippen molar-refractivity contribution < 1.29 is 29.0 Å². The largest absolute Gasteiger partial charge is 0.475 e. The first-order valence-corrected chi connectivity index (χ1v) is 10.5. The molecule has 0 bridgehead atoms. The lowest BCUT2D eigenvalue weighted by molar-refractivity contribution is -0.119. The molecule has 7 nitrogen and oxygen atoms in total. The Morgan fingerprint density at radius 1 is 1.20 bits per heavy atom. The Morgan fingerprint density at radius 2 is 1.93 bits per heavy atom. The number of aliphatic hydroxyl groups is 1. The van der Waals surface area contributed by atoms with E-state index in [9.17, 15) is 14.7 Å². The number of nitrogens with one attached hydrogen (secondary N) is 1. The van der Waals surface area contributed by atoms with Crippen LogP contribution in [0.4, 0.5) is 0 Å². The van der Waals surface area contributed by atoms with Gasteiger partial charge in [-0.05, 0) is 36.1 Å². The molecule has 162 valence electrons. The Hall–Kier alpha value is -2.64. The minimum atomic E-state index is -1.14. The van der Waals surface area contributed by atoms with Gasteiger partial charge in [0.1, 0.15) is 11.9 Å². The summed E-state index contributed by atoms with van der Waals surface area (Å²) in [5, 5.41) is 22.4. The number of hydrogen-bond donors (Lipinski definition) is 3.